The monoisotopic (exact) mass is 255 g/mol. The largest absolute Gasteiger partial charge is 0.345 e. The van der Waals surface area contributed by atoms with Crippen molar-refractivity contribution in [3.63, 3.8) is 0 Å². The van der Waals surface area contributed by atoms with E-state index in [9.17, 15) is 4.79 Å². The van der Waals surface area contributed by atoms with Crippen molar-refractivity contribution in [2.75, 3.05) is 0 Å². The number of thiazole rings is 1. The molecule has 1 amide bonds. The van der Waals surface area contributed by atoms with Gasteiger partial charge >= 0.3 is 0 Å². The quantitative estimate of drug-likeness (QED) is 0.819. The van der Waals surface area contributed by atoms with Crippen molar-refractivity contribution in [3.8, 4) is 0 Å². The first-order valence-corrected chi connectivity index (χ1v) is 6.88. The van der Waals surface area contributed by atoms with Crippen molar-refractivity contribution in [2.24, 2.45) is 5.73 Å². The summed E-state index contributed by atoms with van der Waals surface area (Å²) in [5.41, 5.74) is 5.21. The van der Waals surface area contributed by atoms with E-state index >= 15 is 0 Å². The highest BCUT2D eigenvalue weighted by atomic mass is 32.1. The summed E-state index contributed by atoms with van der Waals surface area (Å²) in [5.74, 6) is -0.0959. The van der Waals surface area contributed by atoms with Gasteiger partial charge in [-0.15, -0.1) is 11.3 Å². The zero-order chi connectivity index (χ0) is 12.9. The van der Waals surface area contributed by atoms with Gasteiger partial charge in [0.05, 0.1) is 11.6 Å². The van der Waals surface area contributed by atoms with Gasteiger partial charge < -0.3 is 11.1 Å². The second-order valence-corrected chi connectivity index (χ2v) is 5.40. The predicted molar refractivity (Wildman–Crippen MR) is 70.8 cm³/mol. The van der Waals surface area contributed by atoms with Gasteiger partial charge in [-0.25, -0.2) is 4.98 Å². The van der Waals surface area contributed by atoms with Crippen molar-refractivity contribution < 1.29 is 4.79 Å². The third-order valence-corrected chi connectivity index (χ3v) is 3.64. The maximum atomic E-state index is 12.1. The molecule has 3 N–H and O–H groups in total. The second-order valence-electron chi connectivity index (χ2n) is 4.47. The first kappa shape index (κ1) is 14.1. The Morgan fingerprint density at radius 3 is 2.82 bits per heavy atom. The molecule has 0 saturated carbocycles. The van der Waals surface area contributed by atoms with Gasteiger partial charge in [-0.1, -0.05) is 20.3 Å². The zero-order valence-electron chi connectivity index (χ0n) is 10.7. The smallest absolute Gasteiger partial charge is 0.240 e. The molecular formula is C12H21N3OS. The third-order valence-electron chi connectivity index (χ3n) is 2.75. The molecule has 1 aromatic heterocycles. The average Bonchev–Trinajstić information content (AvgIpc) is 2.78. The molecule has 1 rings (SSSR count). The molecule has 0 saturated heterocycles. The van der Waals surface area contributed by atoms with Crippen LogP contribution < -0.4 is 11.1 Å². The van der Waals surface area contributed by atoms with Gasteiger partial charge in [0.1, 0.15) is 5.01 Å². The van der Waals surface area contributed by atoms with Crippen LogP contribution in [0.3, 0.4) is 0 Å². The summed E-state index contributed by atoms with van der Waals surface area (Å²) in [5, 5.41) is 5.83. The SMILES string of the molecule is CCCC(C)(N)C(=O)NC(CC)c1nccs1. The Morgan fingerprint density at radius 2 is 2.35 bits per heavy atom. The Balaban J connectivity index is 2.66. The minimum atomic E-state index is -0.792. The van der Waals surface area contributed by atoms with Crippen LogP contribution in [-0.2, 0) is 4.79 Å². The topological polar surface area (TPSA) is 68.0 Å². The molecule has 1 heterocycles. The van der Waals surface area contributed by atoms with Crippen LogP contribution in [0.25, 0.3) is 0 Å². The van der Waals surface area contributed by atoms with Crippen LogP contribution in [0.15, 0.2) is 11.6 Å². The molecule has 96 valence electrons. The summed E-state index contributed by atoms with van der Waals surface area (Å²) in [6.07, 6.45) is 4.16. The molecule has 2 unspecified atom stereocenters. The third kappa shape index (κ3) is 3.78. The number of amides is 1. The number of carbonyl (C=O) groups is 1. The summed E-state index contributed by atoms with van der Waals surface area (Å²) in [7, 11) is 0. The maximum absolute atomic E-state index is 12.1. The van der Waals surface area contributed by atoms with Crippen molar-refractivity contribution in [1.82, 2.24) is 10.3 Å². The molecule has 0 bridgehead atoms. The van der Waals surface area contributed by atoms with Crippen LogP contribution in [-0.4, -0.2) is 16.4 Å². The van der Waals surface area contributed by atoms with Gasteiger partial charge in [0.15, 0.2) is 0 Å². The summed E-state index contributed by atoms with van der Waals surface area (Å²) < 4.78 is 0. The van der Waals surface area contributed by atoms with E-state index in [1.807, 2.05) is 19.2 Å². The molecule has 0 aliphatic carbocycles. The van der Waals surface area contributed by atoms with E-state index in [1.165, 1.54) is 0 Å². The Morgan fingerprint density at radius 1 is 1.65 bits per heavy atom. The number of hydrogen-bond acceptors (Lipinski definition) is 4. The standard InChI is InChI=1S/C12H21N3OS/c1-4-6-12(3,13)11(16)15-9(5-2)10-14-7-8-17-10/h7-9H,4-6,13H2,1-3H3,(H,15,16). The van der Waals surface area contributed by atoms with E-state index in [4.69, 9.17) is 5.73 Å². The van der Waals surface area contributed by atoms with E-state index in [2.05, 4.69) is 10.3 Å². The van der Waals surface area contributed by atoms with Gasteiger partial charge in [0.2, 0.25) is 5.91 Å². The number of nitrogens with two attached hydrogens (primary N) is 1. The van der Waals surface area contributed by atoms with Gasteiger partial charge in [0.25, 0.3) is 0 Å². The first-order valence-electron chi connectivity index (χ1n) is 6.00. The number of hydrogen-bond donors (Lipinski definition) is 2. The second kappa shape index (κ2) is 6.12. The highest BCUT2D eigenvalue weighted by Crippen LogP contribution is 2.20. The van der Waals surface area contributed by atoms with Crippen LogP contribution >= 0.6 is 11.3 Å². The lowest BCUT2D eigenvalue weighted by Crippen LogP contribution is -2.52. The predicted octanol–water partition coefficient (Wildman–Crippen LogP) is 2.23. The molecule has 0 aliphatic heterocycles. The summed E-state index contributed by atoms with van der Waals surface area (Å²) in [6.45, 7) is 5.83. The van der Waals surface area contributed by atoms with Gasteiger partial charge in [-0.2, -0.15) is 0 Å². The molecule has 0 spiro atoms. The van der Waals surface area contributed by atoms with Gasteiger partial charge in [-0.3, -0.25) is 4.79 Å². The number of nitrogens with one attached hydrogen (secondary N) is 1. The van der Waals surface area contributed by atoms with E-state index in [0.29, 0.717) is 6.42 Å². The van der Waals surface area contributed by atoms with E-state index in [0.717, 1.165) is 17.8 Å². The van der Waals surface area contributed by atoms with Crippen molar-refractivity contribution in [3.05, 3.63) is 16.6 Å². The molecule has 5 heteroatoms. The Bertz CT molecular complexity index is 349. The molecule has 0 radical (unpaired) electrons. The molecule has 0 fully saturated rings. The van der Waals surface area contributed by atoms with Crippen LogP contribution in [0.5, 0.6) is 0 Å². The fourth-order valence-corrected chi connectivity index (χ4v) is 2.47. The molecular weight excluding hydrogens is 234 g/mol. The van der Waals surface area contributed by atoms with Gasteiger partial charge in [0, 0.05) is 11.6 Å². The normalized spacial score (nSPS) is 16.2. The summed E-state index contributed by atoms with van der Waals surface area (Å²) in [6, 6.07) is -0.0257. The summed E-state index contributed by atoms with van der Waals surface area (Å²) in [4.78, 5) is 16.3. The molecule has 0 aromatic carbocycles. The summed E-state index contributed by atoms with van der Waals surface area (Å²) >= 11 is 1.55. The highest BCUT2D eigenvalue weighted by Gasteiger charge is 2.29. The van der Waals surface area contributed by atoms with Crippen molar-refractivity contribution in [2.45, 2.75) is 51.6 Å². The van der Waals surface area contributed by atoms with E-state index < -0.39 is 5.54 Å². The minimum Gasteiger partial charge on any atom is -0.345 e. The van der Waals surface area contributed by atoms with Crippen LogP contribution in [0.2, 0.25) is 0 Å². The lowest BCUT2D eigenvalue weighted by Gasteiger charge is -2.25. The minimum absolute atomic E-state index is 0.0257. The lowest BCUT2D eigenvalue weighted by molar-refractivity contribution is -0.126. The van der Waals surface area contributed by atoms with Crippen molar-refractivity contribution in [1.29, 1.82) is 0 Å². The Kier molecular flexibility index (Phi) is 5.08. The molecule has 17 heavy (non-hydrogen) atoms. The van der Waals surface area contributed by atoms with Crippen molar-refractivity contribution >= 4 is 17.2 Å². The average molecular weight is 255 g/mol. The van der Waals surface area contributed by atoms with Crippen LogP contribution in [0.4, 0.5) is 0 Å². The van der Waals surface area contributed by atoms with Crippen LogP contribution in [0.1, 0.15) is 51.1 Å². The lowest BCUT2D eigenvalue weighted by atomic mass is 9.96. The fraction of sp³-hybridized carbons (Fsp3) is 0.667. The Hall–Kier alpha value is -0.940. The molecule has 0 aliphatic rings. The maximum Gasteiger partial charge on any atom is 0.240 e. The molecule has 4 nitrogen and oxygen atoms in total. The Labute approximate surface area is 107 Å². The number of carbonyl (C=O) groups excluding carboxylic acids is 1. The first-order chi connectivity index (χ1) is 8.01. The highest BCUT2D eigenvalue weighted by molar-refractivity contribution is 7.09. The number of nitrogens with zero attached hydrogens (tertiary/aromatic N) is 1. The molecule has 1 aromatic rings. The molecule has 2 atom stereocenters. The van der Waals surface area contributed by atoms with E-state index in [-0.39, 0.29) is 11.9 Å². The van der Waals surface area contributed by atoms with E-state index in [1.54, 1.807) is 24.5 Å². The fourth-order valence-electron chi connectivity index (χ4n) is 1.70. The van der Waals surface area contributed by atoms with Gasteiger partial charge in [-0.05, 0) is 19.8 Å². The number of rotatable bonds is 6. The number of aromatic nitrogens is 1. The zero-order valence-corrected chi connectivity index (χ0v) is 11.5. The van der Waals surface area contributed by atoms with Crippen LogP contribution in [0, 0.1) is 0 Å².